The first kappa shape index (κ1) is 24.0. The summed E-state index contributed by atoms with van der Waals surface area (Å²) in [6.07, 6.45) is 10.2. The van der Waals surface area contributed by atoms with Crippen molar-refractivity contribution < 1.29 is 13.2 Å². The molecule has 0 bridgehead atoms. The van der Waals surface area contributed by atoms with E-state index in [0.717, 1.165) is 41.3 Å². The Kier molecular flexibility index (Phi) is 6.04. The Balaban J connectivity index is 1.42. The number of carbonyl (C=O) groups is 1. The predicted molar refractivity (Wildman–Crippen MR) is 141 cm³/mol. The van der Waals surface area contributed by atoms with Gasteiger partial charge >= 0.3 is 0 Å². The molecule has 8 nitrogen and oxygen atoms in total. The Morgan fingerprint density at radius 1 is 1.11 bits per heavy atom. The van der Waals surface area contributed by atoms with Crippen molar-refractivity contribution >= 4 is 32.3 Å². The molecular weight excluding hydrogens is 474 g/mol. The smallest absolute Gasteiger partial charge is 0.253 e. The molecule has 0 spiro atoms. The molecule has 186 valence electrons. The van der Waals surface area contributed by atoms with E-state index in [9.17, 15) is 13.2 Å². The Morgan fingerprint density at radius 3 is 2.42 bits per heavy atom. The zero-order valence-corrected chi connectivity index (χ0v) is 21.2. The van der Waals surface area contributed by atoms with Crippen LogP contribution in [-0.2, 0) is 15.3 Å². The van der Waals surface area contributed by atoms with Crippen LogP contribution in [0.25, 0.3) is 22.3 Å². The number of nitrogen functional groups attached to an aromatic ring is 1. The maximum Gasteiger partial charge on any atom is 0.253 e. The van der Waals surface area contributed by atoms with E-state index in [1.807, 2.05) is 61.1 Å². The number of H-pyrrole nitrogens is 1. The zero-order valence-electron chi connectivity index (χ0n) is 20.4. The van der Waals surface area contributed by atoms with Crippen molar-refractivity contribution in [3.05, 3.63) is 77.7 Å². The van der Waals surface area contributed by atoms with E-state index in [-0.39, 0.29) is 23.6 Å². The van der Waals surface area contributed by atoms with Crippen LogP contribution in [0.3, 0.4) is 0 Å². The number of aromatic amines is 1. The van der Waals surface area contributed by atoms with Crippen LogP contribution in [0.4, 0.5) is 5.69 Å². The van der Waals surface area contributed by atoms with Gasteiger partial charge in [-0.3, -0.25) is 4.79 Å². The summed E-state index contributed by atoms with van der Waals surface area (Å²) in [6, 6.07) is 13.1. The summed E-state index contributed by atoms with van der Waals surface area (Å²) < 4.78 is 22.9. The average Bonchev–Trinajstić information content (AvgIpc) is 3.25. The Labute approximate surface area is 210 Å². The molecule has 0 atom stereocenters. The van der Waals surface area contributed by atoms with Gasteiger partial charge < -0.3 is 15.6 Å². The van der Waals surface area contributed by atoms with Crippen molar-refractivity contribution in [1.82, 2.24) is 19.9 Å². The van der Waals surface area contributed by atoms with E-state index in [1.54, 1.807) is 7.05 Å². The van der Waals surface area contributed by atoms with Crippen LogP contribution >= 0.6 is 0 Å². The molecule has 36 heavy (non-hydrogen) atoms. The molecule has 2 aromatic carbocycles. The number of amides is 1. The third-order valence-electron chi connectivity index (χ3n) is 7.17. The molecule has 3 N–H and O–H groups in total. The molecule has 0 aliphatic heterocycles. The maximum atomic E-state index is 12.9. The summed E-state index contributed by atoms with van der Waals surface area (Å²) in [7, 11) is -1.52. The van der Waals surface area contributed by atoms with E-state index in [0.29, 0.717) is 17.1 Å². The van der Waals surface area contributed by atoms with Gasteiger partial charge in [-0.15, -0.1) is 0 Å². The average molecular weight is 504 g/mol. The van der Waals surface area contributed by atoms with Gasteiger partial charge in [0.1, 0.15) is 9.84 Å². The molecule has 1 amide bonds. The number of sulfone groups is 1. The lowest BCUT2D eigenvalue weighted by molar-refractivity contribution is 0.0803. The number of hydrogen-bond acceptors (Lipinski definition) is 6. The number of nitrogens with two attached hydrogens (primary N) is 1. The van der Waals surface area contributed by atoms with Gasteiger partial charge in [-0.1, -0.05) is 12.5 Å². The lowest BCUT2D eigenvalue weighted by atomic mass is 9.61. The highest BCUT2D eigenvalue weighted by Crippen LogP contribution is 2.50. The minimum absolute atomic E-state index is 0.0636. The van der Waals surface area contributed by atoms with E-state index >= 15 is 0 Å². The molecule has 1 saturated carbocycles. The minimum atomic E-state index is -3.14. The third-order valence-corrected chi connectivity index (χ3v) is 8.09. The van der Waals surface area contributed by atoms with Crippen LogP contribution in [-0.4, -0.2) is 59.8 Å². The zero-order chi connectivity index (χ0) is 25.5. The molecule has 1 aliphatic carbocycles. The SMILES string of the molecule is CN(CCS(C)(=O)=O)C(=O)c1ccc2c(C3(c4cnc(-c5ccc(N)cc5)nc4)CCC3)c[nH]c2c1. The monoisotopic (exact) mass is 503 g/mol. The van der Waals surface area contributed by atoms with Crippen LogP contribution in [0, 0.1) is 0 Å². The lowest BCUT2D eigenvalue weighted by Crippen LogP contribution is -2.35. The van der Waals surface area contributed by atoms with Crippen molar-refractivity contribution in [2.24, 2.45) is 0 Å². The summed E-state index contributed by atoms with van der Waals surface area (Å²) in [5.74, 6) is 0.392. The largest absolute Gasteiger partial charge is 0.399 e. The molecule has 4 aromatic rings. The topological polar surface area (TPSA) is 122 Å². The normalized spacial score (nSPS) is 14.9. The summed E-state index contributed by atoms with van der Waals surface area (Å²) in [5.41, 5.74) is 10.9. The molecule has 1 fully saturated rings. The number of carbonyl (C=O) groups excluding carboxylic acids is 1. The van der Waals surface area contributed by atoms with E-state index < -0.39 is 9.84 Å². The quantitative estimate of drug-likeness (QED) is 0.370. The number of fused-ring (bicyclic) bond motifs is 1. The van der Waals surface area contributed by atoms with Crippen LogP contribution in [0.1, 0.15) is 40.7 Å². The maximum absolute atomic E-state index is 12.9. The number of nitrogens with zero attached hydrogens (tertiary/aromatic N) is 3. The van der Waals surface area contributed by atoms with E-state index in [2.05, 4.69) is 15.0 Å². The van der Waals surface area contributed by atoms with Gasteiger partial charge in [-0.25, -0.2) is 18.4 Å². The Bertz CT molecular complexity index is 1520. The third kappa shape index (κ3) is 4.46. The fourth-order valence-electron chi connectivity index (χ4n) is 4.88. The first-order valence-corrected chi connectivity index (χ1v) is 14.0. The number of nitrogens with one attached hydrogen (secondary N) is 1. The summed E-state index contributed by atoms with van der Waals surface area (Å²) >= 11 is 0. The second-order valence-corrected chi connectivity index (χ2v) is 11.9. The molecule has 0 saturated heterocycles. The first-order valence-electron chi connectivity index (χ1n) is 11.9. The second kappa shape index (κ2) is 9.05. The molecule has 0 unspecified atom stereocenters. The second-order valence-electron chi connectivity index (χ2n) is 9.67. The lowest BCUT2D eigenvalue weighted by Gasteiger charge is -2.42. The fourth-order valence-corrected chi connectivity index (χ4v) is 5.49. The fraction of sp³-hybridized carbons (Fsp3) is 0.296. The van der Waals surface area contributed by atoms with Crippen LogP contribution in [0.5, 0.6) is 0 Å². The van der Waals surface area contributed by atoms with Crippen molar-refractivity contribution in [3.63, 3.8) is 0 Å². The number of anilines is 1. The van der Waals surface area contributed by atoms with E-state index in [1.165, 1.54) is 16.7 Å². The molecule has 1 aliphatic rings. The molecule has 2 aromatic heterocycles. The Hall–Kier alpha value is -3.72. The number of rotatable bonds is 7. The Morgan fingerprint density at radius 2 is 1.81 bits per heavy atom. The molecule has 0 radical (unpaired) electrons. The minimum Gasteiger partial charge on any atom is -0.399 e. The highest BCUT2D eigenvalue weighted by molar-refractivity contribution is 7.90. The van der Waals surface area contributed by atoms with Gasteiger partial charge in [0.15, 0.2) is 5.82 Å². The first-order chi connectivity index (χ1) is 17.2. The predicted octanol–water partition coefficient (Wildman–Crippen LogP) is 3.79. The number of hydrogen-bond donors (Lipinski definition) is 2. The highest BCUT2D eigenvalue weighted by Gasteiger charge is 2.42. The van der Waals surface area contributed by atoms with Gasteiger partial charge in [0.2, 0.25) is 0 Å². The number of aromatic nitrogens is 3. The molecular formula is C27H29N5O3S. The van der Waals surface area contributed by atoms with Gasteiger partial charge in [0, 0.05) is 71.6 Å². The van der Waals surface area contributed by atoms with Gasteiger partial charge in [0.25, 0.3) is 5.91 Å². The van der Waals surface area contributed by atoms with Crippen molar-refractivity contribution in [1.29, 1.82) is 0 Å². The molecule has 2 heterocycles. The van der Waals surface area contributed by atoms with Crippen molar-refractivity contribution in [2.75, 3.05) is 31.3 Å². The molecule has 9 heteroatoms. The van der Waals surface area contributed by atoms with E-state index in [4.69, 9.17) is 5.73 Å². The summed E-state index contributed by atoms with van der Waals surface area (Å²) in [6.45, 7) is 0.154. The molecule has 5 rings (SSSR count). The highest BCUT2D eigenvalue weighted by atomic mass is 32.2. The van der Waals surface area contributed by atoms with Crippen LogP contribution in [0.15, 0.2) is 61.1 Å². The van der Waals surface area contributed by atoms with Gasteiger partial charge in [-0.2, -0.15) is 0 Å². The summed E-state index contributed by atoms with van der Waals surface area (Å²) in [4.78, 5) is 27.0. The van der Waals surface area contributed by atoms with Crippen LogP contribution in [0.2, 0.25) is 0 Å². The summed E-state index contributed by atoms with van der Waals surface area (Å²) in [5, 5.41) is 1.06. The van der Waals surface area contributed by atoms with Crippen LogP contribution < -0.4 is 5.73 Å². The van der Waals surface area contributed by atoms with Gasteiger partial charge in [0.05, 0.1) is 5.75 Å². The standard InChI is InChI=1S/C27H29N5O3S/c1-32(12-13-36(2,34)35)26(33)19-6-9-22-23(17-29-24(22)14-19)27(10-3-11-27)20-15-30-25(31-16-20)18-4-7-21(28)8-5-18/h4-9,14-17,29H,3,10-13,28H2,1-2H3. The van der Waals surface area contributed by atoms with Gasteiger partial charge in [-0.05, 0) is 60.4 Å². The van der Waals surface area contributed by atoms with Crippen molar-refractivity contribution in [3.8, 4) is 11.4 Å². The number of benzene rings is 2. The van der Waals surface area contributed by atoms with Crippen molar-refractivity contribution in [2.45, 2.75) is 24.7 Å².